The Morgan fingerprint density at radius 2 is 1.88 bits per heavy atom. The van der Waals surface area contributed by atoms with Crippen LogP contribution in [-0.2, 0) is 17.9 Å². The Hall–Kier alpha value is -1.66. The van der Waals surface area contributed by atoms with Gasteiger partial charge in [0.1, 0.15) is 0 Å². The quantitative estimate of drug-likeness (QED) is 0.480. The Morgan fingerprint density at radius 1 is 1.21 bits per heavy atom. The van der Waals surface area contributed by atoms with Crippen molar-refractivity contribution in [2.75, 3.05) is 13.2 Å². The Bertz CT molecular complexity index is 806. The maximum atomic E-state index is 12.2. The predicted molar refractivity (Wildman–Crippen MR) is 94.7 cm³/mol. The molecule has 1 heterocycles. The SMILES string of the molecule is CCc1c([Se]c2cc(C)cc(C)c2)n(COCCO)c(=O)[nH]c1=O. The van der Waals surface area contributed by atoms with E-state index in [1.165, 1.54) is 4.57 Å². The van der Waals surface area contributed by atoms with Crippen LogP contribution in [0.1, 0.15) is 23.6 Å². The fourth-order valence-corrected chi connectivity index (χ4v) is 5.23. The van der Waals surface area contributed by atoms with Crippen LogP contribution in [0.15, 0.2) is 27.8 Å². The summed E-state index contributed by atoms with van der Waals surface area (Å²) in [4.78, 5) is 26.7. The summed E-state index contributed by atoms with van der Waals surface area (Å²) in [7, 11) is 0. The van der Waals surface area contributed by atoms with E-state index >= 15 is 0 Å². The second-order valence-corrected chi connectivity index (χ2v) is 7.74. The molecule has 0 radical (unpaired) electrons. The number of benzene rings is 1. The molecule has 0 bridgehead atoms. The summed E-state index contributed by atoms with van der Waals surface area (Å²) in [6.07, 6.45) is 0.539. The fourth-order valence-electron chi connectivity index (χ4n) is 2.46. The third kappa shape index (κ3) is 4.45. The number of rotatable bonds is 7. The molecule has 2 N–H and O–H groups in total. The zero-order valence-electron chi connectivity index (χ0n) is 14.1. The number of nitrogens with zero attached hydrogens (tertiary/aromatic N) is 1. The minimum absolute atomic E-state index is 0.0189. The molecule has 0 saturated heterocycles. The number of aromatic amines is 1. The molecule has 130 valence electrons. The summed E-state index contributed by atoms with van der Waals surface area (Å²) in [6, 6.07) is 6.25. The molecule has 1 aromatic heterocycles. The van der Waals surface area contributed by atoms with E-state index in [0.717, 1.165) is 20.2 Å². The standard InChI is InChI=1S/C17H22N2O4Se/c1-4-14-15(21)18-17(22)19(10-23-6-5-20)16(14)24-13-8-11(2)7-12(3)9-13/h7-9,20H,4-6,10H2,1-3H3,(H,18,21,22). The van der Waals surface area contributed by atoms with E-state index in [1.54, 1.807) is 0 Å². The van der Waals surface area contributed by atoms with Crippen molar-refractivity contribution in [3.8, 4) is 0 Å². The summed E-state index contributed by atoms with van der Waals surface area (Å²) in [5, 5.41) is 8.86. The average Bonchev–Trinajstić information content (AvgIpc) is 2.49. The van der Waals surface area contributed by atoms with Crippen molar-refractivity contribution in [1.29, 1.82) is 0 Å². The summed E-state index contributed by atoms with van der Waals surface area (Å²) in [5.74, 6) is 0. The molecule has 0 saturated carbocycles. The maximum absolute atomic E-state index is 12.2. The number of H-pyrrole nitrogens is 1. The van der Waals surface area contributed by atoms with Gasteiger partial charge < -0.3 is 0 Å². The normalized spacial score (nSPS) is 11.0. The van der Waals surface area contributed by atoms with Gasteiger partial charge in [-0.05, 0) is 0 Å². The van der Waals surface area contributed by atoms with Gasteiger partial charge >= 0.3 is 146 Å². The number of hydrogen-bond donors (Lipinski definition) is 2. The molecule has 0 amide bonds. The third-order valence-electron chi connectivity index (χ3n) is 3.46. The second-order valence-electron chi connectivity index (χ2n) is 5.51. The third-order valence-corrected chi connectivity index (χ3v) is 5.84. The van der Waals surface area contributed by atoms with E-state index < -0.39 is 5.69 Å². The van der Waals surface area contributed by atoms with Crippen LogP contribution < -0.4 is 20.3 Å². The monoisotopic (exact) mass is 398 g/mol. The van der Waals surface area contributed by atoms with E-state index in [0.29, 0.717) is 12.0 Å². The van der Waals surface area contributed by atoms with Crippen LogP contribution >= 0.6 is 0 Å². The first kappa shape index (κ1) is 18.7. The molecule has 0 aliphatic heterocycles. The number of aliphatic hydroxyl groups excluding tert-OH is 1. The van der Waals surface area contributed by atoms with E-state index in [-0.39, 0.29) is 40.5 Å². The molecular weight excluding hydrogens is 375 g/mol. The Morgan fingerprint density at radius 3 is 2.46 bits per heavy atom. The van der Waals surface area contributed by atoms with Crippen molar-refractivity contribution >= 4 is 24.0 Å². The number of aryl methyl sites for hydroxylation is 2. The van der Waals surface area contributed by atoms with Gasteiger partial charge in [0.15, 0.2) is 0 Å². The number of ether oxygens (including phenoxy) is 1. The van der Waals surface area contributed by atoms with Crippen LogP contribution in [0.2, 0.25) is 0 Å². The van der Waals surface area contributed by atoms with Gasteiger partial charge in [0.2, 0.25) is 0 Å². The number of aliphatic hydroxyl groups is 1. The van der Waals surface area contributed by atoms with Crippen molar-refractivity contribution in [2.45, 2.75) is 33.9 Å². The molecule has 0 unspecified atom stereocenters. The summed E-state index contributed by atoms with van der Waals surface area (Å²) < 4.78 is 8.61. The van der Waals surface area contributed by atoms with Gasteiger partial charge in [-0.2, -0.15) is 0 Å². The fraction of sp³-hybridized carbons (Fsp3) is 0.412. The minimum atomic E-state index is -0.476. The number of aromatic nitrogens is 2. The molecule has 6 nitrogen and oxygen atoms in total. The zero-order valence-corrected chi connectivity index (χ0v) is 15.8. The first-order valence-electron chi connectivity index (χ1n) is 7.77. The molecule has 7 heteroatoms. The molecule has 24 heavy (non-hydrogen) atoms. The number of hydrogen-bond acceptors (Lipinski definition) is 4. The molecule has 2 aromatic rings. The van der Waals surface area contributed by atoms with E-state index in [1.807, 2.05) is 20.8 Å². The molecule has 0 fully saturated rings. The molecular formula is C17H22N2O4Se. The van der Waals surface area contributed by atoms with Gasteiger partial charge in [-0.3, -0.25) is 0 Å². The van der Waals surface area contributed by atoms with E-state index in [4.69, 9.17) is 9.84 Å². The first-order valence-corrected chi connectivity index (χ1v) is 9.48. The van der Waals surface area contributed by atoms with Crippen LogP contribution in [0.25, 0.3) is 0 Å². The van der Waals surface area contributed by atoms with Crippen molar-refractivity contribution in [2.24, 2.45) is 0 Å². The molecule has 1 aromatic carbocycles. The van der Waals surface area contributed by atoms with Gasteiger partial charge in [-0.25, -0.2) is 0 Å². The van der Waals surface area contributed by atoms with Crippen LogP contribution in [0.3, 0.4) is 0 Å². The van der Waals surface area contributed by atoms with Gasteiger partial charge in [0.05, 0.1) is 0 Å². The molecule has 0 atom stereocenters. The molecule has 0 aliphatic rings. The predicted octanol–water partition coefficient (Wildman–Crippen LogP) is -0.663. The molecule has 0 aliphatic carbocycles. The van der Waals surface area contributed by atoms with Gasteiger partial charge in [0.25, 0.3) is 0 Å². The van der Waals surface area contributed by atoms with Crippen LogP contribution in [0.5, 0.6) is 0 Å². The Kier molecular flexibility index (Phi) is 6.57. The van der Waals surface area contributed by atoms with Crippen molar-refractivity contribution in [3.05, 3.63) is 55.7 Å². The van der Waals surface area contributed by atoms with Crippen molar-refractivity contribution in [1.82, 2.24) is 9.55 Å². The van der Waals surface area contributed by atoms with Crippen molar-refractivity contribution in [3.63, 3.8) is 0 Å². The van der Waals surface area contributed by atoms with Crippen LogP contribution in [0.4, 0.5) is 0 Å². The van der Waals surface area contributed by atoms with Crippen LogP contribution in [0, 0.1) is 13.8 Å². The first-order chi connectivity index (χ1) is 11.5. The average molecular weight is 397 g/mol. The summed E-state index contributed by atoms with van der Waals surface area (Å²) in [6.45, 7) is 6.00. The zero-order chi connectivity index (χ0) is 17.7. The van der Waals surface area contributed by atoms with E-state index in [9.17, 15) is 9.59 Å². The molecule has 0 spiro atoms. The second kappa shape index (κ2) is 8.44. The van der Waals surface area contributed by atoms with E-state index in [2.05, 4.69) is 23.2 Å². The van der Waals surface area contributed by atoms with Crippen molar-refractivity contribution < 1.29 is 9.84 Å². The van der Waals surface area contributed by atoms with Crippen LogP contribution in [-0.4, -0.2) is 42.8 Å². The summed E-state index contributed by atoms with van der Waals surface area (Å²) in [5.41, 5.74) is 2.11. The number of nitrogens with one attached hydrogen (secondary N) is 1. The molecule has 2 rings (SSSR count). The topological polar surface area (TPSA) is 84.3 Å². The van der Waals surface area contributed by atoms with Gasteiger partial charge in [-0.1, -0.05) is 0 Å². The summed E-state index contributed by atoms with van der Waals surface area (Å²) >= 11 is -0.196. The van der Waals surface area contributed by atoms with Gasteiger partial charge in [0, 0.05) is 0 Å². The Labute approximate surface area is 146 Å². The Balaban J connectivity index is 2.51. The van der Waals surface area contributed by atoms with Gasteiger partial charge in [-0.15, -0.1) is 0 Å².